The van der Waals surface area contributed by atoms with Crippen LogP contribution in [0.4, 0.5) is 11.4 Å². The quantitative estimate of drug-likeness (QED) is 0.661. The largest absolute Gasteiger partial charge is 0.326 e. The second-order valence-electron chi connectivity index (χ2n) is 5.76. The molecule has 0 aliphatic carbocycles. The summed E-state index contributed by atoms with van der Waals surface area (Å²) in [5, 5.41) is 5.16. The van der Waals surface area contributed by atoms with Crippen molar-refractivity contribution in [2.45, 2.75) is 24.8 Å². The van der Waals surface area contributed by atoms with Gasteiger partial charge in [-0.2, -0.15) is 4.72 Å². The summed E-state index contributed by atoms with van der Waals surface area (Å²) >= 11 is 0. The normalized spacial score (nSPS) is 11.9. The first-order valence-corrected chi connectivity index (χ1v) is 9.47. The highest BCUT2D eigenvalue weighted by Gasteiger charge is 2.22. The Labute approximate surface area is 158 Å². The minimum Gasteiger partial charge on any atom is -0.326 e. The summed E-state index contributed by atoms with van der Waals surface area (Å²) in [7, 11) is -3.91. The molecule has 8 heteroatoms. The number of terminal acetylenes is 1. The Kier molecular flexibility index (Phi) is 6.34. The lowest BCUT2D eigenvalue weighted by Crippen LogP contribution is -2.41. The van der Waals surface area contributed by atoms with E-state index in [9.17, 15) is 18.0 Å². The van der Waals surface area contributed by atoms with E-state index in [1.807, 2.05) is 0 Å². The van der Waals surface area contributed by atoms with Crippen molar-refractivity contribution in [3.05, 3.63) is 54.1 Å². The Morgan fingerprint density at radius 3 is 2.30 bits per heavy atom. The van der Waals surface area contributed by atoms with Crippen LogP contribution in [0.5, 0.6) is 0 Å². The first-order chi connectivity index (χ1) is 12.7. The van der Waals surface area contributed by atoms with Crippen LogP contribution in [0.1, 0.15) is 19.4 Å². The van der Waals surface area contributed by atoms with Gasteiger partial charge < -0.3 is 10.6 Å². The van der Waals surface area contributed by atoms with E-state index in [2.05, 4.69) is 21.3 Å². The second kappa shape index (κ2) is 8.49. The van der Waals surface area contributed by atoms with E-state index in [0.29, 0.717) is 16.9 Å². The fourth-order valence-electron chi connectivity index (χ4n) is 2.21. The van der Waals surface area contributed by atoms with Crippen LogP contribution in [-0.2, 0) is 19.6 Å². The first-order valence-electron chi connectivity index (χ1n) is 7.99. The zero-order valence-corrected chi connectivity index (χ0v) is 15.6. The Balaban J connectivity index is 2.06. The predicted molar refractivity (Wildman–Crippen MR) is 104 cm³/mol. The van der Waals surface area contributed by atoms with Gasteiger partial charge in [0.2, 0.25) is 21.8 Å². The van der Waals surface area contributed by atoms with Gasteiger partial charge in [0.25, 0.3) is 0 Å². The SMILES string of the molecule is C#Cc1cccc(NC(=O)[C@H](C)NS(=O)(=O)c2ccc(NC(C)=O)cc2)c1. The molecule has 0 unspecified atom stereocenters. The summed E-state index contributed by atoms with van der Waals surface area (Å²) in [6, 6.07) is 11.3. The molecule has 0 aliphatic rings. The smallest absolute Gasteiger partial charge is 0.242 e. The minimum atomic E-state index is -3.91. The van der Waals surface area contributed by atoms with Gasteiger partial charge in [0, 0.05) is 23.9 Å². The number of nitrogens with one attached hydrogen (secondary N) is 3. The molecular formula is C19H19N3O4S. The highest BCUT2D eigenvalue weighted by molar-refractivity contribution is 7.89. The highest BCUT2D eigenvalue weighted by atomic mass is 32.2. The molecule has 0 saturated heterocycles. The lowest BCUT2D eigenvalue weighted by Gasteiger charge is -2.15. The molecule has 0 spiro atoms. The molecular weight excluding hydrogens is 366 g/mol. The molecule has 0 aromatic heterocycles. The van der Waals surface area contributed by atoms with E-state index in [4.69, 9.17) is 6.42 Å². The molecule has 0 fully saturated rings. The third kappa shape index (κ3) is 5.67. The van der Waals surface area contributed by atoms with Gasteiger partial charge in [-0.3, -0.25) is 9.59 Å². The van der Waals surface area contributed by atoms with Crippen LogP contribution < -0.4 is 15.4 Å². The van der Waals surface area contributed by atoms with E-state index in [-0.39, 0.29) is 10.8 Å². The summed E-state index contributed by atoms with van der Waals surface area (Å²) in [5.74, 6) is 1.67. The third-order valence-electron chi connectivity index (χ3n) is 3.51. The third-order valence-corrected chi connectivity index (χ3v) is 5.06. The molecule has 1 atom stereocenters. The number of hydrogen-bond acceptors (Lipinski definition) is 4. The fourth-order valence-corrected chi connectivity index (χ4v) is 3.42. The number of anilines is 2. The standard InChI is InChI=1S/C19H19N3O4S/c1-4-15-6-5-7-17(12-15)21-19(24)13(2)22-27(25,26)18-10-8-16(9-11-18)20-14(3)23/h1,5-13,22H,2-3H3,(H,20,23)(H,21,24)/t13-/m0/s1. The molecule has 3 N–H and O–H groups in total. The van der Waals surface area contributed by atoms with E-state index in [1.54, 1.807) is 24.3 Å². The van der Waals surface area contributed by atoms with E-state index < -0.39 is 22.0 Å². The van der Waals surface area contributed by atoms with Crippen molar-refractivity contribution in [1.29, 1.82) is 0 Å². The zero-order valence-electron chi connectivity index (χ0n) is 14.8. The molecule has 0 aliphatic heterocycles. The second-order valence-corrected chi connectivity index (χ2v) is 7.48. The van der Waals surface area contributed by atoms with Crippen molar-refractivity contribution in [3.63, 3.8) is 0 Å². The zero-order chi connectivity index (χ0) is 20.0. The summed E-state index contributed by atoms with van der Waals surface area (Å²) in [5.41, 5.74) is 1.54. The van der Waals surface area contributed by atoms with Gasteiger partial charge in [-0.15, -0.1) is 6.42 Å². The van der Waals surface area contributed by atoms with E-state index >= 15 is 0 Å². The monoisotopic (exact) mass is 385 g/mol. The number of carbonyl (C=O) groups excluding carboxylic acids is 2. The fraction of sp³-hybridized carbons (Fsp3) is 0.158. The number of hydrogen-bond donors (Lipinski definition) is 3. The van der Waals surface area contributed by atoms with Crippen molar-refractivity contribution in [3.8, 4) is 12.3 Å². The van der Waals surface area contributed by atoms with Crippen LogP contribution in [0.25, 0.3) is 0 Å². The van der Waals surface area contributed by atoms with Crippen LogP contribution in [0, 0.1) is 12.3 Å². The summed E-state index contributed by atoms with van der Waals surface area (Å²) in [4.78, 5) is 23.2. The van der Waals surface area contributed by atoms with Gasteiger partial charge in [-0.25, -0.2) is 8.42 Å². The van der Waals surface area contributed by atoms with Crippen molar-refractivity contribution in [2.24, 2.45) is 0 Å². The number of sulfonamides is 1. The molecule has 2 aromatic carbocycles. The van der Waals surface area contributed by atoms with Crippen molar-refractivity contribution < 1.29 is 18.0 Å². The lowest BCUT2D eigenvalue weighted by molar-refractivity contribution is -0.117. The Bertz CT molecular complexity index is 992. The Hall–Kier alpha value is -3.15. The molecule has 2 amide bonds. The van der Waals surface area contributed by atoms with Crippen LogP contribution in [0.2, 0.25) is 0 Å². The number of benzene rings is 2. The summed E-state index contributed by atoms with van der Waals surface area (Å²) in [6.45, 7) is 2.79. The average Bonchev–Trinajstić information content (AvgIpc) is 2.61. The van der Waals surface area contributed by atoms with E-state index in [1.165, 1.54) is 38.1 Å². The van der Waals surface area contributed by atoms with E-state index in [0.717, 1.165) is 0 Å². The summed E-state index contributed by atoms with van der Waals surface area (Å²) in [6.07, 6.45) is 5.32. The summed E-state index contributed by atoms with van der Waals surface area (Å²) < 4.78 is 27.2. The first kappa shape index (κ1) is 20.2. The predicted octanol–water partition coefficient (Wildman–Crippen LogP) is 1.93. The van der Waals surface area contributed by atoms with Crippen LogP contribution in [0.15, 0.2) is 53.4 Å². The van der Waals surface area contributed by atoms with Gasteiger partial charge in [0.15, 0.2) is 0 Å². The van der Waals surface area contributed by atoms with Gasteiger partial charge in [0.05, 0.1) is 10.9 Å². The maximum absolute atomic E-state index is 12.4. The van der Waals surface area contributed by atoms with Crippen LogP contribution in [0.3, 0.4) is 0 Å². The highest BCUT2D eigenvalue weighted by Crippen LogP contribution is 2.15. The number of rotatable bonds is 6. The molecule has 140 valence electrons. The molecule has 0 bridgehead atoms. The molecule has 0 saturated carbocycles. The molecule has 2 aromatic rings. The molecule has 2 rings (SSSR count). The lowest BCUT2D eigenvalue weighted by atomic mass is 10.2. The van der Waals surface area contributed by atoms with Gasteiger partial charge in [-0.05, 0) is 49.4 Å². The molecule has 0 radical (unpaired) electrons. The molecule has 27 heavy (non-hydrogen) atoms. The minimum absolute atomic E-state index is 0.0226. The topological polar surface area (TPSA) is 104 Å². The van der Waals surface area contributed by atoms with Crippen molar-refractivity contribution >= 4 is 33.2 Å². The maximum Gasteiger partial charge on any atom is 0.242 e. The van der Waals surface area contributed by atoms with Crippen LogP contribution in [-0.4, -0.2) is 26.3 Å². The molecule has 0 heterocycles. The van der Waals surface area contributed by atoms with Crippen LogP contribution >= 0.6 is 0 Å². The maximum atomic E-state index is 12.4. The van der Waals surface area contributed by atoms with Gasteiger partial charge in [-0.1, -0.05) is 12.0 Å². The van der Waals surface area contributed by atoms with Crippen molar-refractivity contribution in [2.75, 3.05) is 10.6 Å². The Morgan fingerprint density at radius 2 is 1.70 bits per heavy atom. The average molecular weight is 385 g/mol. The van der Waals surface area contributed by atoms with Gasteiger partial charge >= 0.3 is 0 Å². The molecule has 7 nitrogen and oxygen atoms in total. The number of carbonyl (C=O) groups is 2. The Morgan fingerprint density at radius 1 is 1.04 bits per heavy atom. The van der Waals surface area contributed by atoms with Gasteiger partial charge in [0.1, 0.15) is 0 Å². The number of amides is 2. The van der Waals surface area contributed by atoms with Crippen molar-refractivity contribution in [1.82, 2.24) is 4.72 Å².